The molecule has 10 heteroatoms. The summed E-state index contributed by atoms with van der Waals surface area (Å²) in [4.78, 5) is 43.2. The fourth-order valence-corrected chi connectivity index (χ4v) is 3.09. The molecule has 0 atom stereocenters. The number of nitrogens with one attached hydrogen (secondary N) is 1. The molecule has 31 heavy (non-hydrogen) atoms. The Morgan fingerprint density at radius 1 is 1.16 bits per heavy atom. The summed E-state index contributed by atoms with van der Waals surface area (Å²) in [6.45, 7) is 2.50. The van der Waals surface area contributed by atoms with E-state index in [1.165, 1.54) is 9.13 Å². The van der Waals surface area contributed by atoms with Gasteiger partial charge in [-0.05, 0) is 30.7 Å². The minimum absolute atomic E-state index is 0.0533. The predicted octanol–water partition coefficient (Wildman–Crippen LogP) is 1.74. The molecule has 1 N–H and O–H groups in total. The average Bonchev–Trinajstić information content (AvgIpc) is 3.09. The SMILES string of the molecule is CCCCn1c(=O)[nH]c(=O)c2c1nc(COC(=O)CCOc1ccc(OC)cc1)n2C. The van der Waals surface area contributed by atoms with E-state index in [0.717, 1.165) is 12.8 Å². The number of H-pyrrole nitrogens is 1. The predicted molar refractivity (Wildman–Crippen MR) is 113 cm³/mol. The third-order valence-corrected chi connectivity index (χ3v) is 4.84. The standard InChI is InChI=1S/C21H26N4O6/c1-4-5-11-25-19-18(20(27)23-21(25)28)24(2)16(22-19)13-31-17(26)10-12-30-15-8-6-14(29-3)7-9-15/h6-9H,4-5,10-13H2,1-3H3,(H,23,27,28). The first-order chi connectivity index (χ1) is 14.9. The van der Waals surface area contributed by atoms with E-state index in [0.29, 0.717) is 29.5 Å². The van der Waals surface area contributed by atoms with Crippen LogP contribution >= 0.6 is 0 Å². The van der Waals surface area contributed by atoms with Crippen LogP contribution in [-0.2, 0) is 29.7 Å². The van der Waals surface area contributed by atoms with Crippen LogP contribution in [0.1, 0.15) is 32.0 Å². The summed E-state index contributed by atoms with van der Waals surface area (Å²) < 4.78 is 18.9. The lowest BCUT2D eigenvalue weighted by Gasteiger charge is -2.07. The van der Waals surface area contributed by atoms with E-state index >= 15 is 0 Å². The number of carbonyl (C=O) groups excluding carboxylic acids is 1. The number of carbonyl (C=O) groups is 1. The molecule has 0 fully saturated rings. The van der Waals surface area contributed by atoms with E-state index in [1.54, 1.807) is 38.4 Å². The van der Waals surface area contributed by atoms with E-state index < -0.39 is 17.2 Å². The van der Waals surface area contributed by atoms with Crippen LogP contribution in [0.2, 0.25) is 0 Å². The quantitative estimate of drug-likeness (QED) is 0.487. The van der Waals surface area contributed by atoms with Crippen LogP contribution in [0.5, 0.6) is 11.5 Å². The van der Waals surface area contributed by atoms with Gasteiger partial charge in [0, 0.05) is 13.6 Å². The molecule has 0 unspecified atom stereocenters. The van der Waals surface area contributed by atoms with Gasteiger partial charge in [0.2, 0.25) is 0 Å². The highest BCUT2D eigenvalue weighted by molar-refractivity contribution is 5.71. The third-order valence-electron chi connectivity index (χ3n) is 4.84. The van der Waals surface area contributed by atoms with Crippen LogP contribution in [0, 0.1) is 0 Å². The second-order valence-electron chi connectivity index (χ2n) is 6.96. The van der Waals surface area contributed by atoms with Gasteiger partial charge in [-0.3, -0.25) is 19.1 Å². The molecule has 2 heterocycles. The van der Waals surface area contributed by atoms with Crippen LogP contribution in [-0.4, -0.2) is 38.8 Å². The molecule has 0 saturated carbocycles. The smallest absolute Gasteiger partial charge is 0.330 e. The Morgan fingerprint density at radius 2 is 1.87 bits per heavy atom. The molecule has 3 aromatic rings. The first-order valence-corrected chi connectivity index (χ1v) is 10.1. The molecule has 0 aliphatic rings. The molecule has 166 valence electrons. The van der Waals surface area contributed by atoms with Gasteiger partial charge >= 0.3 is 11.7 Å². The normalized spacial score (nSPS) is 10.9. The number of benzene rings is 1. The number of nitrogens with zero attached hydrogens (tertiary/aromatic N) is 3. The number of imidazole rings is 1. The van der Waals surface area contributed by atoms with E-state index in [-0.39, 0.29) is 25.2 Å². The van der Waals surface area contributed by atoms with Crippen molar-refractivity contribution in [2.24, 2.45) is 7.05 Å². The molecule has 0 spiro atoms. The highest BCUT2D eigenvalue weighted by Crippen LogP contribution is 2.17. The van der Waals surface area contributed by atoms with Gasteiger partial charge in [0.25, 0.3) is 5.56 Å². The lowest BCUT2D eigenvalue weighted by atomic mass is 10.3. The van der Waals surface area contributed by atoms with E-state index in [4.69, 9.17) is 14.2 Å². The summed E-state index contributed by atoms with van der Waals surface area (Å²) in [6.07, 6.45) is 1.72. The molecule has 1 aromatic carbocycles. The largest absolute Gasteiger partial charge is 0.497 e. The zero-order valence-corrected chi connectivity index (χ0v) is 17.8. The molecular formula is C21H26N4O6. The molecule has 2 aromatic heterocycles. The van der Waals surface area contributed by atoms with Crippen molar-refractivity contribution in [2.45, 2.75) is 39.3 Å². The van der Waals surface area contributed by atoms with E-state index in [2.05, 4.69) is 9.97 Å². The van der Waals surface area contributed by atoms with Gasteiger partial charge < -0.3 is 18.8 Å². The summed E-state index contributed by atoms with van der Waals surface area (Å²) in [5.41, 5.74) is -0.459. The molecule has 0 radical (unpaired) electrons. The lowest BCUT2D eigenvalue weighted by Crippen LogP contribution is -2.31. The summed E-state index contributed by atoms with van der Waals surface area (Å²) in [6, 6.07) is 7.03. The Balaban J connectivity index is 1.62. The second kappa shape index (κ2) is 9.96. The van der Waals surface area contributed by atoms with Crippen molar-refractivity contribution in [2.75, 3.05) is 13.7 Å². The van der Waals surface area contributed by atoms with Crippen molar-refractivity contribution in [3.05, 3.63) is 50.9 Å². The Morgan fingerprint density at radius 3 is 2.55 bits per heavy atom. The van der Waals surface area contributed by atoms with Crippen molar-refractivity contribution in [1.82, 2.24) is 19.1 Å². The zero-order chi connectivity index (χ0) is 22.4. The maximum absolute atomic E-state index is 12.3. The monoisotopic (exact) mass is 430 g/mol. The third kappa shape index (κ3) is 5.14. The van der Waals surface area contributed by atoms with Crippen LogP contribution < -0.4 is 20.7 Å². The lowest BCUT2D eigenvalue weighted by molar-refractivity contribution is -0.145. The number of hydrogen-bond acceptors (Lipinski definition) is 7. The zero-order valence-electron chi connectivity index (χ0n) is 17.8. The first kappa shape index (κ1) is 22.1. The summed E-state index contributed by atoms with van der Waals surface area (Å²) in [5, 5.41) is 0. The van der Waals surface area contributed by atoms with Crippen LogP contribution in [0.3, 0.4) is 0 Å². The molecule has 0 aliphatic carbocycles. The fourth-order valence-electron chi connectivity index (χ4n) is 3.09. The van der Waals surface area contributed by atoms with Crippen molar-refractivity contribution in [3.8, 4) is 11.5 Å². The van der Waals surface area contributed by atoms with Gasteiger partial charge in [0.1, 0.15) is 23.9 Å². The second-order valence-corrected chi connectivity index (χ2v) is 6.96. The highest BCUT2D eigenvalue weighted by Gasteiger charge is 2.17. The Bertz CT molecular complexity index is 1160. The number of unbranched alkanes of at least 4 members (excludes halogenated alkanes) is 1. The number of aryl methyl sites for hydroxylation is 2. The first-order valence-electron chi connectivity index (χ1n) is 10.1. The average molecular weight is 430 g/mol. The van der Waals surface area contributed by atoms with Gasteiger partial charge in [0.15, 0.2) is 11.2 Å². The summed E-state index contributed by atoms with van der Waals surface area (Å²) in [5.74, 6) is 1.25. The van der Waals surface area contributed by atoms with E-state index in [1.807, 2.05) is 6.92 Å². The van der Waals surface area contributed by atoms with Gasteiger partial charge in [-0.1, -0.05) is 13.3 Å². The van der Waals surface area contributed by atoms with Gasteiger partial charge in [0.05, 0.1) is 20.1 Å². The fraction of sp³-hybridized carbons (Fsp3) is 0.429. The minimum atomic E-state index is -0.520. The van der Waals surface area contributed by atoms with Gasteiger partial charge in [-0.15, -0.1) is 0 Å². The molecular weight excluding hydrogens is 404 g/mol. The highest BCUT2D eigenvalue weighted by atomic mass is 16.5. The van der Waals surface area contributed by atoms with Crippen molar-refractivity contribution < 1.29 is 19.0 Å². The molecule has 3 rings (SSSR count). The van der Waals surface area contributed by atoms with E-state index in [9.17, 15) is 14.4 Å². The molecule has 0 amide bonds. The van der Waals surface area contributed by atoms with Gasteiger partial charge in [-0.2, -0.15) is 0 Å². The molecule has 0 saturated heterocycles. The van der Waals surface area contributed by atoms with Crippen molar-refractivity contribution in [3.63, 3.8) is 0 Å². The number of esters is 1. The number of rotatable bonds is 10. The summed E-state index contributed by atoms with van der Waals surface area (Å²) in [7, 11) is 3.23. The molecule has 0 aliphatic heterocycles. The van der Waals surface area contributed by atoms with Crippen LogP contribution in [0.25, 0.3) is 11.2 Å². The van der Waals surface area contributed by atoms with Crippen LogP contribution in [0.4, 0.5) is 0 Å². The Hall–Kier alpha value is -3.56. The summed E-state index contributed by atoms with van der Waals surface area (Å²) >= 11 is 0. The van der Waals surface area contributed by atoms with Gasteiger partial charge in [-0.25, -0.2) is 9.78 Å². The number of aromatic amines is 1. The number of fused-ring (bicyclic) bond motifs is 1. The maximum atomic E-state index is 12.3. The minimum Gasteiger partial charge on any atom is -0.497 e. The maximum Gasteiger partial charge on any atom is 0.330 e. The van der Waals surface area contributed by atoms with Crippen molar-refractivity contribution >= 4 is 17.1 Å². The molecule has 0 bridgehead atoms. The Kier molecular flexibility index (Phi) is 7.11. The van der Waals surface area contributed by atoms with Crippen molar-refractivity contribution in [1.29, 1.82) is 0 Å². The number of methoxy groups -OCH3 is 1. The van der Waals surface area contributed by atoms with Crippen LogP contribution in [0.15, 0.2) is 33.9 Å². The Labute approximate surface area is 178 Å². The number of ether oxygens (including phenoxy) is 3. The topological polar surface area (TPSA) is 117 Å². The number of hydrogen-bond donors (Lipinski definition) is 1. The number of aromatic nitrogens is 4. The molecule has 10 nitrogen and oxygen atoms in total.